The molecule has 0 radical (unpaired) electrons. The summed E-state index contributed by atoms with van der Waals surface area (Å²) in [6.07, 6.45) is 1.22. The molecule has 0 aliphatic rings. The van der Waals surface area contributed by atoms with Crippen LogP contribution in [0.1, 0.15) is 20.3 Å². The van der Waals surface area contributed by atoms with Gasteiger partial charge in [-0.25, -0.2) is 5.90 Å². The summed E-state index contributed by atoms with van der Waals surface area (Å²) < 4.78 is 5.39. The van der Waals surface area contributed by atoms with Crippen molar-refractivity contribution in [2.45, 2.75) is 26.4 Å². The Morgan fingerprint density at radius 3 is 2.42 bits per heavy atom. The second kappa shape index (κ2) is 7.49. The maximum atomic E-state index is 5.47. The third-order valence-corrected chi connectivity index (χ3v) is 1.74. The van der Waals surface area contributed by atoms with E-state index in [-0.39, 0.29) is 6.10 Å². The fraction of sp³-hybridized carbons (Fsp3) is 1.00. The van der Waals surface area contributed by atoms with Gasteiger partial charge in [-0.2, -0.15) is 0 Å². The third-order valence-electron chi connectivity index (χ3n) is 1.74. The van der Waals surface area contributed by atoms with Crippen molar-refractivity contribution in [2.24, 2.45) is 17.5 Å². The highest BCUT2D eigenvalue weighted by molar-refractivity contribution is 4.58. The molecular formula is C8H20N2O2. The molecule has 0 aromatic carbocycles. The van der Waals surface area contributed by atoms with Crippen molar-refractivity contribution in [1.29, 1.82) is 0 Å². The lowest BCUT2D eigenvalue weighted by atomic mass is 10.1. The van der Waals surface area contributed by atoms with E-state index in [4.69, 9.17) is 16.4 Å². The van der Waals surface area contributed by atoms with Gasteiger partial charge < -0.3 is 15.3 Å². The lowest BCUT2D eigenvalue weighted by Gasteiger charge is -2.16. The molecule has 0 spiro atoms. The van der Waals surface area contributed by atoms with E-state index >= 15 is 0 Å². The second-order valence-electron chi connectivity index (χ2n) is 3.13. The molecule has 4 N–H and O–H groups in total. The van der Waals surface area contributed by atoms with Crippen molar-refractivity contribution < 1.29 is 9.57 Å². The molecule has 2 unspecified atom stereocenters. The Morgan fingerprint density at radius 1 is 1.25 bits per heavy atom. The molecule has 0 aromatic rings. The Kier molecular flexibility index (Phi) is 7.39. The SMILES string of the molecule is CC(CN)CC(C)OCCON. The molecule has 2 atom stereocenters. The van der Waals surface area contributed by atoms with Crippen LogP contribution in [0.25, 0.3) is 0 Å². The number of ether oxygens (including phenoxy) is 1. The topological polar surface area (TPSA) is 70.5 Å². The highest BCUT2D eigenvalue weighted by Gasteiger charge is 2.06. The Balaban J connectivity index is 3.26. The fourth-order valence-electron chi connectivity index (χ4n) is 1.03. The van der Waals surface area contributed by atoms with Crippen molar-refractivity contribution in [3.05, 3.63) is 0 Å². The van der Waals surface area contributed by atoms with Gasteiger partial charge in [-0.05, 0) is 25.8 Å². The van der Waals surface area contributed by atoms with Gasteiger partial charge >= 0.3 is 0 Å². The van der Waals surface area contributed by atoms with Crippen LogP contribution >= 0.6 is 0 Å². The number of nitrogens with two attached hydrogens (primary N) is 2. The molecule has 4 nitrogen and oxygen atoms in total. The first kappa shape index (κ1) is 11.8. The van der Waals surface area contributed by atoms with Crippen molar-refractivity contribution in [3.63, 3.8) is 0 Å². The molecule has 0 heterocycles. The monoisotopic (exact) mass is 176 g/mol. The van der Waals surface area contributed by atoms with Crippen LogP contribution in [0.3, 0.4) is 0 Å². The molecule has 0 aliphatic heterocycles. The molecule has 0 saturated carbocycles. The predicted octanol–water partition coefficient (Wildman–Crippen LogP) is 0.267. The summed E-state index contributed by atoms with van der Waals surface area (Å²) in [5.41, 5.74) is 5.47. The van der Waals surface area contributed by atoms with Crippen LogP contribution < -0.4 is 11.6 Å². The lowest BCUT2D eigenvalue weighted by molar-refractivity contribution is 0.00390. The van der Waals surface area contributed by atoms with Gasteiger partial charge in [0.15, 0.2) is 0 Å². The summed E-state index contributed by atoms with van der Waals surface area (Å²) in [5.74, 6) is 5.35. The van der Waals surface area contributed by atoms with E-state index in [0.29, 0.717) is 25.7 Å². The third kappa shape index (κ3) is 6.54. The van der Waals surface area contributed by atoms with Crippen LogP contribution in [0.4, 0.5) is 0 Å². The maximum absolute atomic E-state index is 5.47. The molecule has 0 saturated heterocycles. The van der Waals surface area contributed by atoms with Crippen molar-refractivity contribution in [2.75, 3.05) is 19.8 Å². The average Bonchev–Trinajstić information content (AvgIpc) is 2.05. The van der Waals surface area contributed by atoms with E-state index in [1.807, 2.05) is 6.92 Å². The quantitative estimate of drug-likeness (QED) is 0.431. The molecule has 0 aliphatic carbocycles. The summed E-state index contributed by atoms with van der Waals surface area (Å²) in [5, 5.41) is 0. The summed E-state index contributed by atoms with van der Waals surface area (Å²) in [7, 11) is 0. The largest absolute Gasteiger partial charge is 0.376 e. The first-order valence-corrected chi connectivity index (χ1v) is 4.34. The summed E-state index contributed by atoms with van der Waals surface area (Å²) in [4.78, 5) is 4.37. The van der Waals surface area contributed by atoms with E-state index in [1.165, 1.54) is 0 Å². The van der Waals surface area contributed by atoms with Crippen LogP contribution in [0.2, 0.25) is 0 Å². The summed E-state index contributed by atoms with van der Waals surface area (Å²) >= 11 is 0. The van der Waals surface area contributed by atoms with Crippen LogP contribution in [-0.2, 0) is 9.57 Å². The average molecular weight is 176 g/mol. The van der Waals surface area contributed by atoms with Crippen molar-refractivity contribution >= 4 is 0 Å². The zero-order valence-electron chi connectivity index (χ0n) is 7.95. The normalized spacial score (nSPS) is 16.0. The van der Waals surface area contributed by atoms with E-state index in [1.54, 1.807) is 0 Å². The van der Waals surface area contributed by atoms with Crippen LogP contribution in [-0.4, -0.2) is 25.9 Å². The van der Waals surface area contributed by atoms with Gasteiger partial charge in [-0.3, -0.25) is 0 Å². The van der Waals surface area contributed by atoms with Crippen molar-refractivity contribution in [1.82, 2.24) is 0 Å². The van der Waals surface area contributed by atoms with Crippen molar-refractivity contribution in [3.8, 4) is 0 Å². The smallest absolute Gasteiger partial charge is 0.0913 e. The van der Waals surface area contributed by atoms with Crippen LogP contribution in [0.15, 0.2) is 0 Å². The molecule has 12 heavy (non-hydrogen) atoms. The van der Waals surface area contributed by atoms with Gasteiger partial charge in [0, 0.05) is 0 Å². The Labute approximate surface area is 74.2 Å². The minimum absolute atomic E-state index is 0.235. The Bertz CT molecular complexity index is 101. The molecule has 0 fully saturated rings. The highest BCUT2D eigenvalue weighted by atomic mass is 16.6. The van der Waals surface area contributed by atoms with Gasteiger partial charge in [0.1, 0.15) is 0 Å². The highest BCUT2D eigenvalue weighted by Crippen LogP contribution is 2.06. The number of hydrogen-bond acceptors (Lipinski definition) is 4. The van der Waals surface area contributed by atoms with Gasteiger partial charge in [-0.15, -0.1) is 0 Å². The second-order valence-corrected chi connectivity index (χ2v) is 3.13. The van der Waals surface area contributed by atoms with Gasteiger partial charge in [-0.1, -0.05) is 6.92 Å². The van der Waals surface area contributed by atoms with E-state index < -0.39 is 0 Å². The minimum atomic E-state index is 0.235. The molecule has 0 amide bonds. The van der Waals surface area contributed by atoms with E-state index in [2.05, 4.69) is 11.8 Å². The standard InChI is InChI=1S/C8H20N2O2/c1-7(6-9)5-8(2)11-3-4-12-10/h7-8H,3-6,9-10H2,1-2H3. The lowest BCUT2D eigenvalue weighted by Crippen LogP contribution is -2.20. The molecule has 0 rings (SSSR count). The fourth-order valence-corrected chi connectivity index (χ4v) is 1.03. The van der Waals surface area contributed by atoms with Gasteiger partial charge in [0.25, 0.3) is 0 Å². The maximum Gasteiger partial charge on any atom is 0.0913 e. The van der Waals surface area contributed by atoms with Gasteiger partial charge in [0.2, 0.25) is 0 Å². The van der Waals surface area contributed by atoms with Crippen LogP contribution in [0.5, 0.6) is 0 Å². The van der Waals surface area contributed by atoms with E-state index in [0.717, 1.165) is 6.42 Å². The zero-order valence-corrected chi connectivity index (χ0v) is 7.95. The Hall–Kier alpha value is -0.160. The molecule has 4 heteroatoms. The Morgan fingerprint density at radius 2 is 1.92 bits per heavy atom. The number of rotatable bonds is 7. The summed E-state index contributed by atoms with van der Waals surface area (Å²) in [6.45, 7) is 5.85. The van der Waals surface area contributed by atoms with Crippen LogP contribution in [0, 0.1) is 5.92 Å². The minimum Gasteiger partial charge on any atom is -0.376 e. The first-order valence-electron chi connectivity index (χ1n) is 4.34. The first-order chi connectivity index (χ1) is 5.70. The molecular weight excluding hydrogens is 156 g/mol. The predicted molar refractivity (Wildman–Crippen MR) is 48.4 cm³/mol. The van der Waals surface area contributed by atoms with Gasteiger partial charge in [0.05, 0.1) is 19.3 Å². The molecule has 0 aromatic heterocycles. The van der Waals surface area contributed by atoms with E-state index in [9.17, 15) is 0 Å². The zero-order chi connectivity index (χ0) is 9.40. The molecule has 0 bridgehead atoms. The number of hydrogen-bond donors (Lipinski definition) is 2. The molecule has 74 valence electrons. The summed E-state index contributed by atoms with van der Waals surface area (Å²) in [6, 6.07) is 0.